The lowest BCUT2D eigenvalue weighted by Gasteiger charge is -2.11. The Morgan fingerprint density at radius 1 is 1.16 bits per heavy atom. The summed E-state index contributed by atoms with van der Waals surface area (Å²) in [7, 11) is 1.52. The molecule has 13 heteroatoms. The maximum absolute atomic E-state index is 12.9. The van der Waals surface area contributed by atoms with E-state index in [1.807, 2.05) is 13.0 Å². The number of aryl methyl sites for hydroxylation is 1. The molecule has 2 aromatic carbocycles. The summed E-state index contributed by atoms with van der Waals surface area (Å²) >= 11 is 1.17. The molecule has 2 heterocycles. The fraction of sp³-hybridized carbons (Fsp3) is 0.158. The predicted molar refractivity (Wildman–Crippen MR) is 108 cm³/mol. The van der Waals surface area contributed by atoms with Crippen molar-refractivity contribution in [2.45, 2.75) is 13.3 Å². The molecular formula is C19H14F3N5O4S. The minimum Gasteiger partial charge on any atom is -0.496 e. The molecule has 0 atom stereocenters. The first-order chi connectivity index (χ1) is 15.2. The van der Waals surface area contributed by atoms with Crippen LogP contribution in [-0.4, -0.2) is 40.0 Å². The van der Waals surface area contributed by atoms with E-state index >= 15 is 0 Å². The Labute approximate surface area is 182 Å². The van der Waals surface area contributed by atoms with E-state index in [4.69, 9.17) is 9.47 Å². The van der Waals surface area contributed by atoms with Crippen molar-refractivity contribution in [1.82, 2.24) is 20.6 Å². The van der Waals surface area contributed by atoms with Gasteiger partial charge in [0.2, 0.25) is 0 Å². The highest BCUT2D eigenvalue weighted by atomic mass is 32.1. The number of fused-ring (bicyclic) bond motifs is 1. The second-order valence-corrected chi connectivity index (χ2v) is 7.44. The molecule has 0 bridgehead atoms. The minimum absolute atomic E-state index is 0.0270. The average Bonchev–Trinajstić information content (AvgIpc) is 3.35. The van der Waals surface area contributed by atoms with Gasteiger partial charge in [0.05, 0.1) is 7.11 Å². The van der Waals surface area contributed by atoms with Crippen LogP contribution >= 0.6 is 11.3 Å². The number of thiophene rings is 1. The highest BCUT2D eigenvalue weighted by Crippen LogP contribution is 2.43. The molecule has 2 N–H and O–H groups in total. The molecule has 0 aliphatic carbocycles. The van der Waals surface area contributed by atoms with Crippen LogP contribution in [0.3, 0.4) is 0 Å². The largest absolute Gasteiger partial charge is 0.573 e. The zero-order valence-corrected chi connectivity index (χ0v) is 17.3. The highest BCUT2D eigenvalue weighted by Gasteiger charge is 2.31. The number of nitrogens with zero attached hydrogens (tertiary/aromatic N) is 3. The van der Waals surface area contributed by atoms with Crippen molar-refractivity contribution in [2.24, 2.45) is 0 Å². The van der Waals surface area contributed by atoms with E-state index < -0.39 is 18.0 Å². The number of hydrogen-bond donors (Lipinski definition) is 2. The van der Waals surface area contributed by atoms with Gasteiger partial charge in [0.1, 0.15) is 22.1 Å². The Bertz CT molecular complexity index is 1260. The van der Waals surface area contributed by atoms with Gasteiger partial charge in [-0.15, -0.1) is 29.6 Å². The van der Waals surface area contributed by atoms with Crippen LogP contribution in [0.5, 0.6) is 23.0 Å². The number of amides is 1. The van der Waals surface area contributed by atoms with Crippen LogP contribution in [0.1, 0.15) is 15.2 Å². The molecule has 0 aliphatic rings. The van der Waals surface area contributed by atoms with E-state index in [0.29, 0.717) is 11.1 Å². The van der Waals surface area contributed by atoms with Crippen molar-refractivity contribution in [1.29, 1.82) is 0 Å². The zero-order chi connectivity index (χ0) is 22.9. The van der Waals surface area contributed by atoms with Crippen molar-refractivity contribution >= 4 is 33.3 Å². The number of nitrogens with one attached hydrogen (secondary N) is 2. The lowest BCUT2D eigenvalue weighted by atomic mass is 10.1. The lowest BCUT2D eigenvalue weighted by Crippen LogP contribution is -2.16. The molecule has 166 valence electrons. The first kappa shape index (κ1) is 21.4. The average molecular weight is 465 g/mol. The van der Waals surface area contributed by atoms with Crippen molar-refractivity contribution in [3.8, 4) is 23.0 Å². The molecule has 32 heavy (non-hydrogen) atoms. The number of carbonyl (C=O) groups is 1. The van der Waals surface area contributed by atoms with Crippen molar-refractivity contribution < 1.29 is 32.2 Å². The van der Waals surface area contributed by atoms with Crippen LogP contribution in [0, 0.1) is 6.92 Å². The Kier molecular flexibility index (Phi) is 5.57. The molecule has 0 aliphatic heterocycles. The molecule has 0 saturated heterocycles. The van der Waals surface area contributed by atoms with Crippen molar-refractivity contribution in [3.63, 3.8) is 0 Å². The third kappa shape index (κ3) is 4.56. The predicted octanol–water partition coefficient (Wildman–Crippen LogP) is 4.67. The number of halogens is 3. The van der Waals surface area contributed by atoms with E-state index in [2.05, 4.69) is 30.7 Å². The van der Waals surface area contributed by atoms with E-state index in [1.54, 1.807) is 6.07 Å². The van der Waals surface area contributed by atoms with Gasteiger partial charge < -0.3 is 14.2 Å². The first-order valence-electron chi connectivity index (χ1n) is 8.93. The number of hydrogen-bond acceptors (Lipinski definition) is 8. The standard InChI is InChI=1S/C19H14F3N5O4S/c1-9-7-14-12(8-13(9)29-2)15(16(32-14)17(28)23-18-24-26-27-25-18)30-10-3-5-11(6-4-10)31-19(20,21)22/h3-8H,1-2H3,(H2,23,24,25,26,27,28). The van der Waals surface area contributed by atoms with Crippen LogP contribution in [-0.2, 0) is 0 Å². The number of anilines is 1. The molecule has 0 unspecified atom stereocenters. The third-order valence-corrected chi connectivity index (χ3v) is 5.35. The number of ether oxygens (including phenoxy) is 3. The molecule has 0 saturated carbocycles. The van der Waals surface area contributed by atoms with Gasteiger partial charge in [-0.3, -0.25) is 10.1 Å². The van der Waals surface area contributed by atoms with E-state index in [0.717, 1.165) is 22.4 Å². The summed E-state index contributed by atoms with van der Waals surface area (Å²) in [5.74, 6) is 0.0184. The summed E-state index contributed by atoms with van der Waals surface area (Å²) < 4.78 is 53.1. The summed E-state index contributed by atoms with van der Waals surface area (Å²) in [5, 5.41) is 16.1. The zero-order valence-electron chi connectivity index (χ0n) is 16.5. The van der Waals surface area contributed by atoms with Crippen LogP contribution in [0.2, 0.25) is 0 Å². The number of aromatic amines is 1. The first-order valence-corrected chi connectivity index (χ1v) is 9.75. The summed E-state index contributed by atoms with van der Waals surface area (Å²) in [6.45, 7) is 1.86. The summed E-state index contributed by atoms with van der Waals surface area (Å²) in [4.78, 5) is 13.1. The lowest BCUT2D eigenvalue weighted by molar-refractivity contribution is -0.274. The molecule has 0 spiro atoms. The maximum atomic E-state index is 12.9. The van der Waals surface area contributed by atoms with Gasteiger partial charge in [-0.2, -0.15) is 5.21 Å². The topological polar surface area (TPSA) is 111 Å². The Morgan fingerprint density at radius 2 is 1.88 bits per heavy atom. The number of H-pyrrole nitrogens is 1. The molecule has 4 rings (SSSR count). The van der Waals surface area contributed by atoms with Gasteiger partial charge in [-0.05, 0) is 54.1 Å². The number of aromatic nitrogens is 4. The number of benzene rings is 2. The van der Waals surface area contributed by atoms with Gasteiger partial charge in [0.25, 0.3) is 11.9 Å². The second-order valence-electron chi connectivity index (χ2n) is 6.39. The van der Waals surface area contributed by atoms with Gasteiger partial charge in [-0.1, -0.05) is 5.10 Å². The van der Waals surface area contributed by atoms with Crippen molar-refractivity contribution in [2.75, 3.05) is 12.4 Å². The SMILES string of the molecule is COc1cc2c(Oc3ccc(OC(F)(F)F)cc3)c(C(=O)Nc3nn[nH]n3)sc2cc1C. The number of carbonyl (C=O) groups excluding carboxylic acids is 1. The Morgan fingerprint density at radius 3 is 2.50 bits per heavy atom. The summed E-state index contributed by atoms with van der Waals surface area (Å²) in [5.41, 5.74) is 0.853. The quantitative estimate of drug-likeness (QED) is 0.426. The third-order valence-electron chi connectivity index (χ3n) is 4.21. The van der Waals surface area contributed by atoms with E-state index in [1.165, 1.54) is 30.6 Å². The summed E-state index contributed by atoms with van der Waals surface area (Å²) in [6, 6.07) is 8.40. The monoisotopic (exact) mass is 465 g/mol. The van der Waals surface area contributed by atoms with Crippen LogP contribution in [0.25, 0.3) is 10.1 Å². The maximum Gasteiger partial charge on any atom is 0.573 e. The molecular weight excluding hydrogens is 451 g/mol. The fourth-order valence-electron chi connectivity index (χ4n) is 2.87. The molecule has 0 radical (unpaired) electrons. The van der Waals surface area contributed by atoms with Crippen molar-refractivity contribution in [3.05, 3.63) is 46.8 Å². The number of tetrazole rings is 1. The van der Waals surface area contributed by atoms with Crippen LogP contribution in [0.4, 0.5) is 19.1 Å². The Hall–Kier alpha value is -3.87. The second kappa shape index (κ2) is 8.34. The van der Waals surface area contributed by atoms with Gasteiger partial charge in [0.15, 0.2) is 5.75 Å². The van der Waals surface area contributed by atoms with Crippen LogP contribution in [0.15, 0.2) is 36.4 Å². The van der Waals surface area contributed by atoms with Gasteiger partial charge >= 0.3 is 6.36 Å². The molecule has 9 nitrogen and oxygen atoms in total. The molecule has 0 fully saturated rings. The van der Waals surface area contributed by atoms with Crippen LogP contribution < -0.4 is 19.5 Å². The number of alkyl halides is 3. The van der Waals surface area contributed by atoms with Gasteiger partial charge in [-0.25, -0.2) is 0 Å². The smallest absolute Gasteiger partial charge is 0.496 e. The number of rotatable bonds is 6. The fourth-order valence-corrected chi connectivity index (χ4v) is 3.98. The van der Waals surface area contributed by atoms with E-state index in [9.17, 15) is 18.0 Å². The highest BCUT2D eigenvalue weighted by molar-refractivity contribution is 7.21. The Balaban J connectivity index is 1.72. The number of methoxy groups -OCH3 is 1. The normalized spacial score (nSPS) is 11.4. The molecule has 2 aromatic heterocycles. The molecule has 1 amide bonds. The minimum atomic E-state index is -4.80. The van der Waals surface area contributed by atoms with Gasteiger partial charge in [0, 0.05) is 10.1 Å². The summed E-state index contributed by atoms with van der Waals surface area (Å²) in [6.07, 6.45) is -4.80. The molecule has 4 aromatic rings. The van der Waals surface area contributed by atoms with E-state index in [-0.39, 0.29) is 22.3 Å².